The Kier molecular flexibility index (Phi) is 5.09. The summed E-state index contributed by atoms with van der Waals surface area (Å²) in [5.41, 5.74) is 2.37. The molecule has 0 aliphatic heterocycles. The molecule has 0 amide bonds. The molecular formula is C22H22O2. The molecule has 2 heteroatoms. The van der Waals surface area contributed by atoms with Gasteiger partial charge in [0, 0.05) is 0 Å². The van der Waals surface area contributed by atoms with Crippen LogP contribution in [0.2, 0.25) is 0 Å². The van der Waals surface area contributed by atoms with Crippen LogP contribution >= 0.6 is 0 Å². The third-order valence-electron chi connectivity index (χ3n) is 4.18. The largest absolute Gasteiger partial charge is 0.394 e. The van der Waals surface area contributed by atoms with E-state index in [9.17, 15) is 5.11 Å². The Morgan fingerprint density at radius 3 is 1.33 bits per heavy atom. The molecular weight excluding hydrogens is 296 g/mol. The monoisotopic (exact) mass is 318 g/mol. The van der Waals surface area contributed by atoms with Crippen LogP contribution in [0.5, 0.6) is 0 Å². The number of aliphatic hydroxyl groups is 1. The number of rotatable bonds is 6. The van der Waals surface area contributed by atoms with Crippen molar-refractivity contribution in [3.8, 4) is 0 Å². The van der Waals surface area contributed by atoms with Gasteiger partial charge in [-0.05, 0) is 23.6 Å². The first-order valence-corrected chi connectivity index (χ1v) is 8.22. The van der Waals surface area contributed by atoms with Gasteiger partial charge >= 0.3 is 0 Å². The van der Waals surface area contributed by atoms with Crippen LogP contribution in [0, 0.1) is 0 Å². The van der Waals surface area contributed by atoms with Crippen LogP contribution in [0.1, 0.15) is 23.6 Å². The van der Waals surface area contributed by atoms with Gasteiger partial charge < -0.3 is 9.84 Å². The fourth-order valence-electron chi connectivity index (χ4n) is 3.06. The van der Waals surface area contributed by atoms with Crippen molar-refractivity contribution < 1.29 is 9.84 Å². The summed E-state index contributed by atoms with van der Waals surface area (Å²) in [5, 5.41) is 9.61. The van der Waals surface area contributed by atoms with E-state index in [4.69, 9.17) is 4.74 Å². The molecule has 0 heterocycles. The fraction of sp³-hybridized carbons (Fsp3) is 0.182. The number of hydrogen-bond acceptors (Lipinski definition) is 2. The third-order valence-corrected chi connectivity index (χ3v) is 4.18. The van der Waals surface area contributed by atoms with Crippen LogP contribution in [0.25, 0.3) is 0 Å². The number of benzene rings is 3. The molecule has 1 N–H and O–H groups in total. The van der Waals surface area contributed by atoms with Gasteiger partial charge in [-0.15, -0.1) is 0 Å². The van der Waals surface area contributed by atoms with Crippen LogP contribution in [0.15, 0.2) is 91.0 Å². The van der Waals surface area contributed by atoms with Gasteiger partial charge in [0.25, 0.3) is 0 Å². The molecule has 0 aliphatic rings. The Hall–Kier alpha value is -2.42. The highest BCUT2D eigenvalue weighted by Gasteiger charge is 2.38. The van der Waals surface area contributed by atoms with E-state index in [0.717, 1.165) is 16.7 Å². The van der Waals surface area contributed by atoms with Gasteiger partial charge in [-0.3, -0.25) is 0 Å². The second kappa shape index (κ2) is 7.43. The zero-order valence-electron chi connectivity index (χ0n) is 13.8. The van der Waals surface area contributed by atoms with E-state index >= 15 is 0 Å². The molecule has 0 fully saturated rings. The predicted octanol–water partition coefficient (Wildman–Crippen LogP) is 4.38. The average molecular weight is 318 g/mol. The SMILES string of the molecule is C[C@@H](CO)OC(c1ccccc1)(c1ccccc1)c1ccccc1. The highest BCUT2D eigenvalue weighted by molar-refractivity contribution is 5.47. The summed E-state index contributed by atoms with van der Waals surface area (Å²) in [6.45, 7) is 1.86. The van der Waals surface area contributed by atoms with Crippen LogP contribution < -0.4 is 0 Å². The fourth-order valence-corrected chi connectivity index (χ4v) is 3.06. The molecule has 122 valence electrons. The van der Waals surface area contributed by atoms with Gasteiger partial charge in [-0.2, -0.15) is 0 Å². The van der Waals surface area contributed by atoms with E-state index in [1.54, 1.807) is 0 Å². The van der Waals surface area contributed by atoms with Crippen molar-refractivity contribution in [2.24, 2.45) is 0 Å². The Morgan fingerprint density at radius 2 is 1.04 bits per heavy atom. The Balaban J connectivity index is 2.28. The lowest BCUT2D eigenvalue weighted by Gasteiger charge is -2.37. The average Bonchev–Trinajstić information content (AvgIpc) is 2.68. The number of aliphatic hydroxyl groups excluding tert-OH is 1. The van der Waals surface area contributed by atoms with Crippen molar-refractivity contribution in [3.05, 3.63) is 108 Å². The molecule has 3 rings (SSSR count). The summed E-state index contributed by atoms with van der Waals surface area (Å²) >= 11 is 0. The van der Waals surface area contributed by atoms with E-state index in [-0.39, 0.29) is 12.7 Å². The second-order valence-electron chi connectivity index (χ2n) is 5.89. The summed E-state index contributed by atoms with van der Waals surface area (Å²) in [7, 11) is 0. The smallest absolute Gasteiger partial charge is 0.144 e. The van der Waals surface area contributed by atoms with E-state index in [1.807, 2.05) is 61.5 Å². The minimum Gasteiger partial charge on any atom is -0.394 e. The molecule has 0 radical (unpaired) electrons. The zero-order chi connectivity index (χ0) is 16.8. The van der Waals surface area contributed by atoms with Gasteiger partial charge in [-0.1, -0.05) is 91.0 Å². The maximum Gasteiger partial charge on any atom is 0.144 e. The molecule has 0 saturated carbocycles. The number of hydrogen-bond donors (Lipinski definition) is 1. The minimum absolute atomic E-state index is 0.0335. The highest BCUT2D eigenvalue weighted by atomic mass is 16.5. The summed E-state index contributed by atoms with van der Waals surface area (Å²) in [5.74, 6) is 0. The predicted molar refractivity (Wildman–Crippen MR) is 96.8 cm³/mol. The lowest BCUT2D eigenvalue weighted by atomic mass is 9.80. The van der Waals surface area contributed by atoms with Crippen LogP contribution in [0.3, 0.4) is 0 Å². The first-order chi connectivity index (χ1) is 11.8. The van der Waals surface area contributed by atoms with Crippen molar-refractivity contribution in [1.82, 2.24) is 0 Å². The normalized spacial score (nSPS) is 12.8. The molecule has 3 aromatic carbocycles. The van der Waals surface area contributed by atoms with Gasteiger partial charge in [0.1, 0.15) is 5.60 Å². The van der Waals surface area contributed by atoms with Crippen molar-refractivity contribution in [3.63, 3.8) is 0 Å². The minimum atomic E-state index is -0.758. The lowest BCUT2D eigenvalue weighted by molar-refractivity contribution is -0.0603. The van der Waals surface area contributed by atoms with Gasteiger partial charge in [-0.25, -0.2) is 0 Å². The quantitative estimate of drug-likeness (QED) is 0.684. The van der Waals surface area contributed by atoms with E-state index in [2.05, 4.69) is 36.4 Å². The topological polar surface area (TPSA) is 29.5 Å². The van der Waals surface area contributed by atoms with Gasteiger partial charge in [0.15, 0.2) is 0 Å². The summed E-state index contributed by atoms with van der Waals surface area (Å²) < 4.78 is 6.50. The van der Waals surface area contributed by atoms with Gasteiger partial charge in [0.2, 0.25) is 0 Å². The van der Waals surface area contributed by atoms with Crippen molar-refractivity contribution in [2.45, 2.75) is 18.6 Å². The van der Waals surface area contributed by atoms with Crippen molar-refractivity contribution >= 4 is 0 Å². The summed E-state index contributed by atoms with van der Waals surface area (Å²) in [4.78, 5) is 0. The van der Waals surface area contributed by atoms with E-state index in [0.29, 0.717) is 0 Å². The first kappa shape index (κ1) is 16.4. The third kappa shape index (κ3) is 3.12. The molecule has 0 bridgehead atoms. The van der Waals surface area contributed by atoms with Crippen molar-refractivity contribution in [1.29, 1.82) is 0 Å². The maximum absolute atomic E-state index is 9.61. The van der Waals surface area contributed by atoms with E-state index in [1.165, 1.54) is 0 Å². The molecule has 0 aliphatic carbocycles. The zero-order valence-corrected chi connectivity index (χ0v) is 13.8. The molecule has 0 saturated heterocycles. The first-order valence-electron chi connectivity index (χ1n) is 8.22. The van der Waals surface area contributed by atoms with E-state index < -0.39 is 5.60 Å². The Labute approximate surface area is 143 Å². The maximum atomic E-state index is 9.61. The Morgan fingerprint density at radius 1 is 0.708 bits per heavy atom. The number of ether oxygens (including phenoxy) is 1. The molecule has 3 aromatic rings. The van der Waals surface area contributed by atoms with Crippen LogP contribution in [-0.2, 0) is 10.3 Å². The lowest BCUT2D eigenvalue weighted by Crippen LogP contribution is -2.37. The Bertz CT molecular complexity index is 642. The summed E-state index contributed by atoms with van der Waals surface area (Å²) in [6, 6.07) is 30.5. The van der Waals surface area contributed by atoms with Crippen LogP contribution in [0.4, 0.5) is 0 Å². The summed E-state index contributed by atoms with van der Waals surface area (Å²) in [6.07, 6.45) is -0.300. The second-order valence-corrected chi connectivity index (χ2v) is 5.89. The van der Waals surface area contributed by atoms with Crippen LogP contribution in [-0.4, -0.2) is 17.8 Å². The van der Waals surface area contributed by atoms with Gasteiger partial charge in [0.05, 0.1) is 12.7 Å². The molecule has 1 atom stereocenters. The van der Waals surface area contributed by atoms with Crippen molar-refractivity contribution in [2.75, 3.05) is 6.61 Å². The highest BCUT2D eigenvalue weighted by Crippen LogP contribution is 2.41. The molecule has 0 spiro atoms. The standard InChI is InChI=1S/C22H22O2/c1-18(17-23)24-22(19-11-5-2-6-12-19,20-13-7-3-8-14-20)21-15-9-4-10-16-21/h2-16,18,23H,17H2,1H3/t18-/m0/s1. The molecule has 24 heavy (non-hydrogen) atoms. The molecule has 2 nitrogen and oxygen atoms in total. The molecule has 0 aromatic heterocycles. The molecule has 0 unspecified atom stereocenters.